The van der Waals surface area contributed by atoms with E-state index in [0.29, 0.717) is 32.8 Å². The summed E-state index contributed by atoms with van der Waals surface area (Å²) >= 11 is 1.24. The van der Waals surface area contributed by atoms with Gasteiger partial charge >= 0.3 is 12.1 Å². The second kappa shape index (κ2) is 8.95. The van der Waals surface area contributed by atoms with Crippen molar-refractivity contribution in [2.45, 2.75) is 19.5 Å². The Bertz CT molecular complexity index is 1680. The molecule has 4 nitrogen and oxygen atoms in total. The maximum absolute atomic E-state index is 13.3. The highest BCUT2D eigenvalue weighted by atomic mass is 32.1. The van der Waals surface area contributed by atoms with Crippen LogP contribution in [0, 0.1) is 6.92 Å². The van der Waals surface area contributed by atoms with Gasteiger partial charge in [-0.15, -0.1) is 11.3 Å². The molecule has 8 heteroatoms. The van der Waals surface area contributed by atoms with E-state index >= 15 is 0 Å². The van der Waals surface area contributed by atoms with Crippen molar-refractivity contribution < 1.29 is 22.7 Å². The molecule has 0 atom stereocenters. The van der Waals surface area contributed by atoms with Crippen molar-refractivity contribution in [1.29, 1.82) is 0 Å². The molecule has 0 radical (unpaired) electrons. The smallest absolute Gasteiger partial charge is 0.416 e. The Morgan fingerprint density at radius 3 is 2.36 bits per heavy atom. The molecule has 0 unspecified atom stereocenters. The van der Waals surface area contributed by atoms with Crippen molar-refractivity contribution in [3.8, 4) is 11.1 Å². The Morgan fingerprint density at radius 1 is 0.972 bits per heavy atom. The van der Waals surface area contributed by atoms with Gasteiger partial charge in [0.2, 0.25) is 0 Å². The van der Waals surface area contributed by atoms with Crippen molar-refractivity contribution in [3.63, 3.8) is 0 Å². The summed E-state index contributed by atoms with van der Waals surface area (Å²) in [4.78, 5) is 26.8. The highest BCUT2D eigenvalue weighted by molar-refractivity contribution is 7.18. The predicted octanol–water partition coefficient (Wildman–Crippen LogP) is 6.89. The molecule has 0 N–H and O–H groups in total. The van der Waals surface area contributed by atoms with Gasteiger partial charge in [-0.1, -0.05) is 54.6 Å². The fourth-order valence-electron chi connectivity index (χ4n) is 4.55. The van der Waals surface area contributed by atoms with Crippen LogP contribution in [0.1, 0.15) is 32.1 Å². The molecular formula is C28H20F3NO3S. The Hall–Kier alpha value is -3.91. The molecule has 0 aliphatic heterocycles. The van der Waals surface area contributed by atoms with E-state index in [1.165, 1.54) is 41.0 Å². The average Bonchev–Trinajstić information content (AvgIpc) is 3.20. The molecule has 0 saturated carbocycles. The van der Waals surface area contributed by atoms with Crippen LogP contribution in [0.4, 0.5) is 13.2 Å². The molecule has 5 rings (SSSR count). The first kappa shape index (κ1) is 23.8. The van der Waals surface area contributed by atoms with Crippen molar-refractivity contribution in [2.75, 3.05) is 7.11 Å². The van der Waals surface area contributed by atoms with Gasteiger partial charge in [0.15, 0.2) is 0 Å². The molecule has 2 heterocycles. The molecule has 36 heavy (non-hydrogen) atoms. The van der Waals surface area contributed by atoms with Gasteiger partial charge in [0.25, 0.3) is 5.56 Å². The first-order chi connectivity index (χ1) is 17.2. The molecule has 5 aromatic rings. The third-order valence-electron chi connectivity index (χ3n) is 6.20. The van der Waals surface area contributed by atoms with Crippen molar-refractivity contribution >= 4 is 32.9 Å². The lowest BCUT2D eigenvalue weighted by Crippen LogP contribution is -2.20. The number of nitrogens with zero attached hydrogens (tertiary/aromatic N) is 1. The quantitative estimate of drug-likeness (QED) is 0.249. The Balaban J connectivity index is 1.79. The first-order valence-electron chi connectivity index (χ1n) is 11.1. The Morgan fingerprint density at radius 2 is 1.67 bits per heavy atom. The van der Waals surface area contributed by atoms with Gasteiger partial charge in [-0.2, -0.15) is 13.2 Å². The number of fused-ring (bicyclic) bond motifs is 2. The summed E-state index contributed by atoms with van der Waals surface area (Å²) in [6.07, 6.45) is -4.08. The number of ether oxygens (including phenoxy) is 1. The van der Waals surface area contributed by atoms with Crippen LogP contribution in [0.3, 0.4) is 0 Å². The number of hydrogen-bond donors (Lipinski definition) is 0. The summed E-state index contributed by atoms with van der Waals surface area (Å²) in [6, 6.07) is 20.1. The van der Waals surface area contributed by atoms with Gasteiger partial charge in [0.1, 0.15) is 10.5 Å². The second-order valence-corrected chi connectivity index (χ2v) is 9.62. The van der Waals surface area contributed by atoms with Crippen LogP contribution in [-0.2, 0) is 17.3 Å². The molecule has 182 valence electrons. The van der Waals surface area contributed by atoms with Crippen LogP contribution in [0.2, 0.25) is 0 Å². The maximum atomic E-state index is 13.3. The van der Waals surface area contributed by atoms with Crippen LogP contribution in [0.5, 0.6) is 0 Å². The second-order valence-electron chi connectivity index (χ2n) is 8.41. The van der Waals surface area contributed by atoms with Gasteiger partial charge in [-0.3, -0.25) is 9.20 Å². The number of rotatable bonds is 4. The highest BCUT2D eigenvalue weighted by Gasteiger charge is 2.30. The molecule has 0 saturated heterocycles. The minimum absolute atomic E-state index is 0.118. The van der Waals surface area contributed by atoms with Gasteiger partial charge in [-0.05, 0) is 52.9 Å². The fraction of sp³-hybridized carbons (Fsp3) is 0.143. The van der Waals surface area contributed by atoms with Crippen LogP contribution < -0.4 is 5.56 Å². The number of alkyl halides is 3. The predicted molar refractivity (Wildman–Crippen MR) is 135 cm³/mol. The fourth-order valence-corrected chi connectivity index (χ4v) is 5.74. The zero-order chi connectivity index (χ0) is 25.6. The number of halogens is 3. The minimum Gasteiger partial charge on any atom is -0.464 e. The number of carbonyl (C=O) groups excluding carboxylic acids is 1. The van der Waals surface area contributed by atoms with Crippen LogP contribution in [0.25, 0.3) is 26.7 Å². The number of hydrogen-bond acceptors (Lipinski definition) is 4. The number of pyridine rings is 1. The third kappa shape index (κ3) is 4.07. The van der Waals surface area contributed by atoms with E-state index in [4.69, 9.17) is 4.74 Å². The van der Waals surface area contributed by atoms with E-state index in [0.717, 1.165) is 28.5 Å². The van der Waals surface area contributed by atoms with E-state index in [-0.39, 0.29) is 5.69 Å². The topological polar surface area (TPSA) is 47.8 Å². The van der Waals surface area contributed by atoms with Crippen LogP contribution in [0.15, 0.2) is 77.6 Å². The molecule has 0 spiro atoms. The van der Waals surface area contributed by atoms with Gasteiger partial charge < -0.3 is 4.74 Å². The SMILES string of the molecule is COC(=O)c1c(C)sc2c(-c3ccc(C(F)(F)F)cc3)c(Cc3cccc4ccccc34)cc(=O)n12. The maximum Gasteiger partial charge on any atom is 0.416 e. The number of esters is 1. The summed E-state index contributed by atoms with van der Waals surface area (Å²) in [7, 11) is 1.24. The molecule has 3 aromatic carbocycles. The average molecular weight is 508 g/mol. The zero-order valence-corrected chi connectivity index (χ0v) is 20.2. The van der Waals surface area contributed by atoms with Crippen molar-refractivity contribution in [3.05, 3.63) is 110 Å². The standard InChI is InChI=1S/C28H20F3NO3S/c1-16-25(27(34)35-2)32-23(33)15-20(14-19-8-5-7-17-6-3-4-9-22(17)19)24(26(32)36-16)18-10-12-21(13-11-18)28(29,30)31/h3-13,15H,14H2,1-2H3. The van der Waals surface area contributed by atoms with Gasteiger partial charge in [-0.25, -0.2) is 4.79 Å². The van der Waals surface area contributed by atoms with Crippen LogP contribution >= 0.6 is 11.3 Å². The number of methoxy groups -OCH3 is 1. The van der Waals surface area contributed by atoms with E-state index in [1.807, 2.05) is 42.5 Å². The number of carbonyl (C=O) groups is 1. The monoisotopic (exact) mass is 507 g/mol. The molecule has 0 fully saturated rings. The first-order valence-corrected chi connectivity index (χ1v) is 11.9. The normalized spacial score (nSPS) is 11.8. The third-order valence-corrected chi connectivity index (χ3v) is 7.28. The molecule has 0 bridgehead atoms. The molecular weight excluding hydrogens is 487 g/mol. The lowest BCUT2D eigenvalue weighted by atomic mass is 9.93. The molecule has 0 aliphatic rings. The minimum atomic E-state index is -4.47. The molecule has 2 aromatic heterocycles. The lowest BCUT2D eigenvalue weighted by molar-refractivity contribution is -0.137. The number of aromatic nitrogens is 1. The van der Waals surface area contributed by atoms with E-state index in [2.05, 4.69) is 0 Å². The number of aryl methyl sites for hydroxylation is 1. The summed E-state index contributed by atoms with van der Waals surface area (Å²) in [5.74, 6) is -0.652. The largest absolute Gasteiger partial charge is 0.464 e. The van der Waals surface area contributed by atoms with E-state index in [1.54, 1.807) is 6.92 Å². The zero-order valence-electron chi connectivity index (χ0n) is 19.3. The summed E-state index contributed by atoms with van der Waals surface area (Å²) in [5, 5.41) is 2.07. The van der Waals surface area contributed by atoms with Gasteiger partial charge in [0, 0.05) is 16.5 Å². The number of benzene rings is 3. The Labute approximate surface area is 208 Å². The lowest BCUT2D eigenvalue weighted by Gasteiger charge is -2.15. The van der Waals surface area contributed by atoms with E-state index in [9.17, 15) is 22.8 Å². The van der Waals surface area contributed by atoms with Gasteiger partial charge in [0.05, 0.1) is 12.7 Å². The summed E-state index contributed by atoms with van der Waals surface area (Å²) in [5.41, 5.74) is 1.73. The van der Waals surface area contributed by atoms with Crippen molar-refractivity contribution in [1.82, 2.24) is 4.40 Å². The summed E-state index contributed by atoms with van der Waals surface area (Å²) in [6.45, 7) is 1.71. The van der Waals surface area contributed by atoms with E-state index < -0.39 is 23.3 Å². The number of thiazole rings is 1. The molecule has 0 amide bonds. The Kier molecular flexibility index (Phi) is 5.92. The van der Waals surface area contributed by atoms with Crippen molar-refractivity contribution in [2.24, 2.45) is 0 Å². The highest BCUT2D eigenvalue weighted by Crippen LogP contribution is 2.37. The summed E-state index contributed by atoms with van der Waals surface area (Å²) < 4.78 is 45.9. The molecule has 0 aliphatic carbocycles. The van der Waals surface area contributed by atoms with Crippen LogP contribution in [-0.4, -0.2) is 17.5 Å².